The molecule has 0 aliphatic heterocycles. The van der Waals surface area contributed by atoms with E-state index in [0.29, 0.717) is 4.90 Å². The maximum Gasteiger partial charge on any atom is 0.471 e. The molecule has 100 valence electrons. The second kappa shape index (κ2) is 4.71. The summed E-state index contributed by atoms with van der Waals surface area (Å²) in [5.74, 6) is -3.21. The predicted molar refractivity (Wildman–Crippen MR) is 52.9 cm³/mol. The number of hydrogen-bond acceptors (Lipinski definition) is 3. The highest BCUT2D eigenvalue weighted by Crippen LogP contribution is 2.21. The van der Waals surface area contributed by atoms with Crippen LogP contribution in [0.5, 0.6) is 0 Å². The Morgan fingerprint density at radius 1 is 1.44 bits per heavy atom. The van der Waals surface area contributed by atoms with E-state index in [1.54, 1.807) is 0 Å². The Morgan fingerprint density at radius 2 is 2.00 bits per heavy atom. The van der Waals surface area contributed by atoms with Gasteiger partial charge in [-0.05, 0) is 13.0 Å². The zero-order chi connectivity index (χ0) is 14.1. The smallest absolute Gasteiger partial charge is 0.471 e. The molecule has 1 N–H and O–H groups in total. The standard InChI is InChI=1S/C10H10F3NO4/c1-5-7(8(15)16)3-6(18-5)4-14(2)9(17)10(11,12)13/h3H,4H2,1-2H3,(H,15,16). The van der Waals surface area contributed by atoms with Gasteiger partial charge in [0.15, 0.2) is 0 Å². The van der Waals surface area contributed by atoms with Crippen LogP contribution in [0.15, 0.2) is 10.5 Å². The zero-order valence-electron chi connectivity index (χ0n) is 9.54. The summed E-state index contributed by atoms with van der Waals surface area (Å²) >= 11 is 0. The molecule has 8 heteroatoms. The SMILES string of the molecule is Cc1oc(CN(C)C(=O)C(F)(F)F)cc1C(=O)O. The van der Waals surface area contributed by atoms with Crippen LogP contribution in [0.1, 0.15) is 21.9 Å². The van der Waals surface area contributed by atoms with E-state index in [2.05, 4.69) is 0 Å². The highest BCUT2D eigenvalue weighted by Gasteiger charge is 2.41. The van der Waals surface area contributed by atoms with Gasteiger partial charge in [-0.2, -0.15) is 13.2 Å². The van der Waals surface area contributed by atoms with Crippen molar-refractivity contribution in [3.8, 4) is 0 Å². The minimum atomic E-state index is -4.97. The molecule has 0 fully saturated rings. The largest absolute Gasteiger partial charge is 0.478 e. The van der Waals surface area contributed by atoms with Crippen molar-refractivity contribution in [3.05, 3.63) is 23.2 Å². The first-order valence-electron chi connectivity index (χ1n) is 4.78. The second-order valence-corrected chi connectivity index (χ2v) is 3.65. The van der Waals surface area contributed by atoms with E-state index in [9.17, 15) is 22.8 Å². The van der Waals surface area contributed by atoms with Crippen molar-refractivity contribution >= 4 is 11.9 Å². The Kier molecular flexibility index (Phi) is 3.68. The molecule has 1 amide bonds. The number of hydrogen-bond donors (Lipinski definition) is 1. The maximum atomic E-state index is 12.1. The van der Waals surface area contributed by atoms with E-state index in [1.807, 2.05) is 0 Å². The monoisotopic (exact) mass is 265 g/mol. The van der Waals surface area contributed by atoms with Crippen LogP contribution >= 0.6 is 0 Å². The molecule has 0 aliphatic carbocycles. The number of carbonyl (C=O) groups excluding carboxylic acids is 1. The van der Waals surface area contributed by atoms with Gasteiger partial charge in [-0.15, -0.1) is 0 Å². The predicted octanol–water partition coefficient (Wildman–Crippen LogP) is 1.81. The summed E-state index contributed by atoms with van der Waals surface area (Å²) in [5.41, 5.74) is -0.141. The minimum absolute atomic E-state index is 0.0231. The Bertz CT molecular complexity index is 478. The van der Waals surface area contributed by atoms with E-state index in [4.69, 9.17) is 9.52 Å². The fourth-order valence-corrected chi connectivity index (χ4v) is 1.36. The van der Waals surface area contributed by atoms with Gasteiger partial charge in [0.05, 0.1) is 6.54 Å². The van der Waals surface area contributed by atoms with E-state index in [1.165, 1.54) is 6.92 Å². The normalized spacial score (nSPS) is 11.4. The van der Waals surface area contributed by atoms with Crippen LogP contribution in [0.2, 0.25) is 0 Å². The first kappa shape index (κ1) is 14.1. The van der Waals surface area contributed by atoms with Gasteiger partial charge < -0.3 is 14.4 Å². The third-order valence-electron chi connectivity index (χ3n) is 2.18. The maximum absolute atomic E-state index is 12.1. The van der Waals surface area contributed by atoms with E-state index >= 15 is 0 Å². The fraction of sp³-hybridized carbons (Fsp3) is 0.400. The average Bonchev–Trinajstić information content (AvgIpc) is 2.56. The first-order chi connectivity index (χ1) is 8.12. The number of carboxylic acid groups (broad SMARTS) is 1. The number of nitrogens with zero attached hydrogens (tertiary/aromatic N) is 1. The molecule has 0 saturated carbocycles. The summed E-state index contributed by atoms with van der Waals surface area (Å²) in [6.45, 7) is 0.922. The highest BCUT2D eigenvalue weighted by atomic mass is 19.4. The molecule has 0 spiro atoms. The molecule has 1 aromatic rings. The Labute approximate surface area is 99.8 Å². The van der Waals surface area contributed by atoms with E-state index in [0.717, 1.165) is 13.1 Å². The van der Waals surface area contributed by atoms with Crippen LogP contribution in [0.4, 0.5) is 13.2 Å². The second-order valence-electron chi connectivity index (χ2n) is 3.65. The fourth-order valence-electron chi connectivity index (χ4n) is 1.36. The highest BCUT2D eigenvalue weighted by molar-refractivity contribution is 5.88. The Morgan fingerprint density at radius 3 is 2.39 bits per heavy atom. The quantitative estimate of drug-likeness (QED) is 0.904. The van der Waals surface area contributed by atoms with Crippen LogP contribution in [0.3, 0.4) is 0 Å². The summed E-state index contributed by atoms with van der Waals surface area (Å²) in [6, 6.07) is 1.10. The first-order valence-corrected chi connectivity index (χ1v) is 4.78. The number of aromatic carboxylic acids is 1. The molecule has 0 radical (unpaired) electrons. The number of amides is 1. The molecule has 0 unspecified atom stereocenters. The summed E-state index contributed by atoms with van der Waals surface area (Å²) in [6.07, 6.45) is -4.97. The van der Waals surface area contributed by atoms with Crippen molar-refractivity contribution < 1.29 is 32.3 Å². The number of rotatable bonds is 3. The molecule has 0 aliphatic rings. The van der Waals surface area contributed by atoms with Crippen molar-refractivity contribution in [2.24, 2.45) is 0 Å². The van der Waals surface area contributed by atoms with Gasteiger partial charge in [0.1, 0.15) is 17.1 Å². The Balaban J connectivity index is 2.83. The van der Waals surface area contributed by atoms with Gasteiger partial charge in [-0.25, -0.2) is 4.79 Å². The molecule has 5 nitrogen and oxygen atoms in total. The van der Waals surface area contributed by atoms with Crippen LogP contribution in [-0.2, 0) is 11.3 Å². The average molecular weight is 265 g/mol. The van der Waals surface area contributed by atoms with Crippen molar-refractivity contribution in [3.63, 3.8) is 0 Å². The molecule has 0 bridgehead atoms. The molecule has 0 saturated heterocycles. The van der Waals surface area contributed by atoms with Gasteiger partial charge in [0.25, 0.3) is 0 Å². The van der Waals surface area contributed by atoms with Crippen LogP contribution in [0.25, 0.3) is 0 Å². The molecule has 1 heterocycles. The molecule has 1 rings (SSSR count). The van der Waals surface area contributed by atoms with E-state index in [-0.39, 0.29) is 17.1 Å². The van der Waals surface area contributed by atoms with Gasteiger partial charge in [0, 0.05) is 7.05 Å². The summed E-state index contributed by atoms with van der Waals surface area (Å²) in [5, 5.41) is 8.73. The van der Waals surface area contributed by atoms with Gasteiger partial charge in [-0.3, -0.25) is 4.79 Å². The van der Waals surface area contributed by atoms with Crippen molar-refractivity contribution in [1.29, 1.82) is 0 Å². The summed E-state index contributed by atoms with van der Waals surface area (Å²) in [4.78, 5) is 21.9. The number of aryl methyl sites for hydroxylation is 1. The van der Waals surface area contributed by atoms with Gasteiger partial charge in [-0.1, -0.05) is 0 Å². The lowest BCUT2D eigenvalue weighted by Gasteiger charge is -2.16. The lowest BCUT2D eigenvalue weighted by atomic mass is 10.2. The molecule has 1 aromatic heterocycles. The number of furan rings is 1. The van der Waals surface area contributed by atoms with Crippen LogP contribution in [-0.4, -0.2) is 35.1 Å². The molecule has 0 atom stereocenters. The third-order valence-corrected chi connectivity index (χ3v) is 2.18. The lowest BCUT2D eigenvalue weighted by molar-refractivity contribution is -0.184. The minimum Gasteiger partial charge on any atom is -0.478 e. The van der Waals surface area contributed by atoms with Crippen molar-refractivity contribution in [2.75, 3.05) is 7.05 Å². The topological polar surface area (TPSA) is 70.8 Å². The lowest BCUT2D eigenvalue weighted by Crippen LogP contribution is -2.37. The number of carbonyl (C=O) groups is 2. The number of halogens is 3. The molecular formula is C10H10F3NO4. The van der Waals surface area contributed by atoms with Gasteiger partial charge in [0.2, 0.25) is 0 Å². The van der Waals surface area contributed by atoms with Crippen molar-refractivity contribution in [2.45, 2.75) is 19.6 Å². The summed E-state index contributed by atoms with van der Waals surface area (Å²) < 4.78 is 41.3. The number of alkyl halides is 3. The molecule has 0 aromatic carbocycles. The van der Waals surface area contributed by atoms with Crippen LogP contribution < -0.4 is 0 Å². The molecular weight excluding hydrogens is 255 g/mol. The van der Waals surface area contributed by atoms with Gasteiger partial charge >= 0.3 is 18.1 Å². The van der Waals surface area contributed by atoms with E-state index < -0.39 is 24.6 Å². The van der Waals surface area contributed by atoms with Crippen molar-refractivity contribution in [1.82, 2.24) is 4.90 Å². The Hall–Kier alpha value is -1.99. The molecule has 18 heavy (non-hydrogen) atoms. The zero-order valence-corrected chi connectivity index (χ0v) is 9.54. The number of carboxylic acids is 1. The van der Waals surface area contributed by atoms with Crippen LogP contribution in [0, 0.1) is 6.92 Å². The third kappa shape index (κ3) is 3.02. The summed E-state index contributed by atoms with van der Waals surface area (Å²) in [7, 11) is 0.952.